The summed E-state index contributed by atoms with van der Waals surface area (Å²) in [6, 6.07) is 6.46. The molecular weight excluding hydrogens is 210 g/mol. The summed E-state index contributed by atoms with van der Waals surface area (Å²) in [4.78, 5) is 24.3. The molecule has 0 saturated heterocycles. The molecule has 82 valence electrons. The topological polar surface area (TPSA) is 79.4 Å². The zero-order valence-electron chi connectivity index (χ0n) is 8.48. The van der Waals surface area contributed by atoms with Crippen LogP contribution < -0.4 is 4.74 Å². The monoisotopic (exact) mass is 219 g/mol. The van der Waals surface area contributed by atoms with Crippen LogP contribution in [0.15, 0.2) is 24.3 Å². The summed E-state index contributed by atoms with van der Waals surface area (Å²) in [6.07, 6.45) is 0. The first kappa shape index (κ1) is 10.2. The molecule has 0 saturated carbocycles. The Morgan fingerprint density at radius 3 is 2.75 bits per heavy atom. The second kappa shape index (κ2) is 3.69. The first-order chi connectivity index (χ1) is 7.58. The van der Waals surface area contributed by atoms with Crippen LogP contribution in [0.5, 0.6) is 5.75 Å². The number of fused-ring (bicyclic) bond motifs is 1. The number of benzene rings is 1. The number of H-pyrrole nitrogens is 1. The van der Waals surface area contributed by atoms with Crippen LogP contribution in [0.2, 0.25) is 0 Å². The highest BCUT2D eigenvalue weighted by molar-refractivity contribution is 5.96. The Bertz CT molecular complexity index is 570. The van der Waals surface area contributed by atoms with Crippen LogP contribution in [0.1, 0.15) is 17.4 Å². The maximum atomic E-state index is 10.8. The van der Waals surface area contributed by atoms with E-state index in [1.54, 1.807) is 18.2 Å². The molecule has 0 bridgehead atoms. The SMILES string of the molecule is CC(=O)Oc1cccc2[nH]c(C(=O)O)cc12. The summed E-state index contributed by atoms with van der Waals surface area (Å²) in [6.45, 7) is 1.30. The normalized spacial score (nSPS) is 10.3. The fourth-order valence-corrected chi connectivity index (χ4v) is 1.49. The minimum Gasteiger partial charge on any atom is -0.477 e. The average molecular weight is 219 g/mol. The Morgan fingerprint density at radius 1 is 1.38 bits per heavy atom. The van der Waals surface area contributed by atoms with E-state index in [-0.39, 0.29) is 5.69 Å². The predicted octanol–water partition coefficient (Wildman–Crippen LogP) is 1.79. The van der Waals surface area contributed by atoms with Crippen LogP contribution in [0.3, 0.4) is 0 Å². The third-order valence-corrected chi connectivity index (χ3v) is 2.11. The van der Waals surface area contributed by atoms with Gasteiger partial charge in [-0.1, -0.05) is 6.07 Å². The Balaban J connectivity index is 2.58. The van der Waals surface area contributed by atoms with E-state index in [4.69, 9.17) is 9.84 Å². The van der Waals surface area contributed by atoms with Gasteiger partial charge in [0.25, 0.3) is 0 Å². The predicted molar refractivity (Wildman–Crippen MR) is 56.6 cm³/mol. The molecule has 2 rings (SSSR count). The number of aromatic amines is 1. The Labute approximate surface area is 90.6 Å². The fourth-order valence-electron chi connectivity index (χ4n) is 1.49. The molecule has 0 unspecified atom stereocenters. The van der Waals surface area contributed by atoms with Gasteiger partial charge in [-0.2, -0.15) is 0 Å². The molecule has 16 heavy (non-hydrogen) atoms. The van der Waals surface area contributed by atoms with E-state index >= 15 is 0 Å². The molecule has 1 aromatic carbocycles. The summed E-state index contributed by atoms with van der Waals surface area (Å²) in [5.41, 5.74) is 0.686. The van der Waals surface area contributed by atoms with Crippen LogP contribution in [0.25, 0.3) is 10.9 Å². The smallest absolute Gasteiger partial charge is 0.352 e. The summed E-state index contributed by atoms with van der Waals surface area (Å²) < 4.78 is 4.97. The molecule has 2 aromatic rings. The number of aromatic nitrogens is 1. The van der Waals surface area contributed by atoms with Gasteiger partial charge in [0.15, 0.2) is 0 Å². The molecule has 0 spiro atoms. The lowest BCUT2D eigenvalue weighted by Gasteiger charge is -2.01. The third-order valence-electron chi connectivity index (χ3n) is 2.11. The van der Waals surface area contributed by atoms with Crippen molar-refractivity contribution in [1.82, 2.24) is 4.98 Å². The molecule has 1 heterocycles. The average Bonchev–Trinajstić information content (AvgIpc) is 2.61. The second-order valence-electron chi connectivity index (χ2n) is 3.30. The molecule has 1 aromatic heterocycles. The maximum absolute atomic E-state index is 10.8. The molecule has 0 atom stereocenters. The second-order valence-corrected chi connectivity index (χ2v) is 3.30. The lowest BCUT2D eigenvalue weighted by Crippen LogP contribution is -2.01. The van der Waals surface area contributed by atoms with Crippen molar-refractivity contribution in [3.05, 3.63) is 30.0 Å². The molecule has 0 aliphatic rings. The Kier molecular flexibility index (Phi) is 2.36. The molecule has 5 nitrogen and oxygen atoms in total. The third kappa shape index (κ3) is 1.75. The van der Waals surface area contributed by atoms with E-state index in [0.717, 1.165) is 0 Å². The molecule has 0 amide bonds. The fraction of sp³-hybridized carbons (Fsp3) is 0.0909. The lowest BCUT2D eigenvalue weighted by molar-refractivity contribution is -0.131. The zero-order valence-corrected chi connectivity index (χ0v) is 8.48. The Morgan fingerprint density at radius 2 is 2.12 bits per heavy atom. The summed E-state index contributed by atoms with van der Waals surface area (Å²) in [7, 11) is 0. The van der Waals surface area contributed by atoms with Crippen LogP contribution in [0, 0.1) is 0 Å². The van der Waals surface area contributed by atoms with Crippen LogP contribution in [0.4, 0.5) is 0 Å². The number of hydrogen-bond acceptors (Lipinski definition) is 3. The number of esters is 1. The van der Waals surface area contributed by atoms with Crippen molar-refractivity contribution >= 4 is 22.8 Å². The van der Waals surface area contributed by atoms with E-state index in [1.165, 1.54) is 13.0 Å². The van der Waals surface area contributed by atoms with Crippen molar-refractivity contribution in [2.75, 3.05) is 0 Å². The largest absolute Gasteiger partial charge is 0.477 e. The van der Waals surface area contributed by atoms with E-state index in [9.17, 15) is 9.59 Å². The van der Waals surface area contributed by atoms with Gasteiger partial charge >= 0.3 is 11.9 Å². The molecule has 0 fully saturated rings. The standard InChI is InChI=1S/C11H9NO4/c1-6(13)16-10-4-2-3-8-7(10)5-9(12-8)11(14)15/h2-5,12H,1H3,(H,14,15). The minimum atomic E-state index is -1.05. The van der Waals surface area contributed by atoms with Crippen molar-refractivity contribution in [1.29, 1.82) is 0 Å². The number of aromatic carboxylic acids is 1. The summed E-state index contributed by atoms with van der Waals surface area (Å²) in [5.74, 6) is -1.13. The number of carbonyl (C=O) groups is 2. The molecule has 0 aliphatic carbocycles. The summed E-state index contributed by atoms with van der Waals surface area (Å²) in [5, 5.41) is 9.40. The molecule has 0 aliphatic heterocycles. The number of carbonyl (C=O) groups excluding carboxylic acids is 1. The van der Waals surface area contributed by atoms with Crippen molar-refractivity contribution in [2.45, 2.75) is 6.92 Å². The maximum Gasteiger partial charge on any atom is 0.352 e. The van der Waals surface area contributed by atoms with Crippen LogP contribution >= 0.6 is 0 Å². The number of hydrogen-bond donors (Lipinski definition) is 2. The highest BCUT2D eigenvalue weighted by atomic mass is 16.5. The first-order valence-electron chi connectivity index (χ1n) is 4.61. The molecule has 2 N–H and O–H groups in total. The van der Waals surface area contributed by atoms with Gasteiger partial charge in [-0.3, -0.25) is 4.79 Å². The van der Waals surface area contributed by atoms with Gasteiger partial charge in [-0.05, 0) is 18.2 Å². The van der Waals surface area contributed by atoms with Crippen LogP contribution in [-0.4, -0.2) is 22.0 Å². The van der Waals surface area contributed by atoms with Crippen LogP contribution in [-0.2, 0) is 4.79 Å². The number of carboxylic acid groups (broad SMARTS) is 1. The highest BCUT2D eigenvalue weighted by Gasteiger charge is 2.11. The zero-order chi connectivity index (χ0) is 11.7. The molecule has 5 heteroatoms. The quantitative estimate of drug-likeness (QED) is 0.596. The molecular formula is C11H9NO4. The molecule has 0 radical (unpaired) electrons. The van der Waals surface area contributed by atoms with Gasteiger partial charge in [-0.25, -0.2) is 4.79 Å². The van der Waals surface area contributed by atoms with Crippen molar-refractivity contribution < 1.29 is 19.4 Å². The number of carboxylic acids is 1. The lowest BCUT2D eigenvalue weighted by atomic mass is 10.2. The van der Waals surface area contributed by atoms with Gasteiger partial charge in [-0.15, -0.1) is 0 Å². The van der Waals surface area contributed by atoms with Gasteiger partial charge < -0.3 is 14.8 Å². The van der Waals surface area contributed by atoms with Gasteiger partial charge in [0, 0.05) is 17.8 Å². The first-order valence-corrected chi connectivity index (χ1v) is 4.61. The van der Waals surface area contributed by atoms with Crippen molar-refractivity contribution in [2.24, 2.45) is 0 Å². The van der Waals surface area contributed by atoms with E-state index in [0.29, 0.717) is 16.7 Å². The van der Waals surface area contributed by atoms with E-state index < -0.39 is 11.9 Å². The Hall–Kier alpha value is -2.30. The number of rotatable bonds is 2. The van der Waals surface area contributed by atoms with Gasteiger partial charge in [0.1, 0.15) is 11.4 Å². The number of nitrogens with one attached hydrogen (secondary N) is 1. The van der Waals surface area contributed by atoms with Gasteiger partial charge in [0.05, 0.1) is 0 Å². The highest BCUT2D eigenvalue weighted by Crippen LogP contribution is 2.26. The minimum absolute atomic E-state index is 0.0644. The van der Waals surface area contributed by atoms with Crippen molar-refractivity contribution in [3.63, 3.8) is 0 Å². The van der Waals surface area contributed by atoms with Gasteiger partial charge in [0.2, 0.25) is 0 Å². The van der Waals surface area contributed by atoms with E-state index in [2.05, 4.69) is 4.98 Å². The summed E-state index contributed by atoms with van der Waals surface area (Å²) >= 11 is 0. The number of ether oxygens (including phenoxy) is 1. The van der Waals surface area contributed by atoms with Crippen molar-refractivity contribution in [3.8, 4) is 5.75 Å². The van der Waals surface area contributed by atoms with E-state index in [1.807, 2.05) is 0 Å².